The molecule has 0 spiro atoms. The van der Waals surface area contributed by atoms with Gasteiger partial charge in [0, 0.05) is 25.8 Å². The van der Waals surface area contributed by atoms with E-state index in [1.54, 1.807) is 14.0 Å². The zero-order valence-corrected chi connectivity index (χ0v) is 14.8. The van der Waals surface area contributed by atoms with Crippen molar-refractivity contribution in [1.29, 1.82) is 0 Å². The molecule has 2 rings (SSSR count). The molecule has 2 aliphatic rings. The molecule has 0 radical (unpaired) electrons. The van der Waals surface area contributed by atoms with E-state index in [2.05, 4.69) is 24.5 Å². The van der Waals surface area contributed by atoms with Crippen molar-refractivity contribution in [3.8, 4) is 0 Å². The molecular formula is C17H31N3O3. The summed E-state index contributed by atoms with van der Waals surface area (Å²) in [6.07, 6.45) is 2.68. The van der Waals surface area contributed by atoms with Crippen molar-refractivity contribution in [2.75, 3.05) is 26.8 Å². The number of likely N-dealkylation sites (N-methyl/N-ethyl adjacent to an activating group) is 1. The first-order valence-corrected chi connectivity index (χ1v) is 8.81. The fraction of sp³-hybridized carbons (Fsp3) is 0.882. The van der Waals surface area contributed by atoms with Crippen molar-refractivity contribution >= 4 is 11.8 Å². The van der Waals surface area contributed by atoms with Crippen LogP contribution in [0, 0.1) is 11.8 Å². The summed E-state index contributed by atoms with van der Waals surface area (Å²) in [6, 6.07) is -0.501. The number of amides is 2. The number of rotatable bonds is 5. The van der Waals surface area contributed by atoms with E-state index >= 15 is 0 Å². The highest BCUT2D eigenvalue weighted by Crippen LogP contribution is 2.27. The highest BCUT2D eigenvalue weighted by atomic mass is 16.5. The Hall–Kier alpha value is -1.14. The van der Waals surface area contributed by atoms with Crippen LogP contribution in [0.2, 0.25) is 0 Å². The first-order valence-electron chi connectivity index (χ1n) is 8.81. The Morgan fingerprint density at radius 2 is 1.83 bits per heavy atom. The molecule has 2 fully saturated rings. The van der Waals surface area contributed by atoms with Gasteiger partial charge in [0.25, 0.3) is 0 Å². The molecule has 0 aromatic heterocycles. The Bertz CT molecular complexity index is 423. The first-order chi connectivity index (χ1) is 11.0. The van der Waals surface area contributed by atoms with Gasteiger partial charge in [-0.15, -0.1) is 0 Å². The number of ether oxygens (including phenoxy) is 1. The van der Waals surface area contributed by atoms with Crippen LogP contribution in [0.4, 0.5) is 0 Å². The molecule has 0 unspecified atom stereocenters. The minimum atomic E-state index is -0.435. The van der Waals surface area contributed by atoms with Crippen LogP contribution in [-0.2, 0) is 14.3 Å². The van der Waals surface area contributed by atoms with Gasteiger partial charge in [-0.3, -0.25) is 9.59 Å². The Balaban J connectivity index is 2.11. The quantitative estimate of drug-likeness (QED) is 0.783. The molecule has 4 atom stereocenters. The van der Waals surface area contributed by atoms with E-state index in [4.69, 9.17) is 4.74 Å². The monoisotopic (exact) mass is 325 g/mol. The largest absolute Gasteiger partial charge is 0.381 e. The average Bonchev–Trinajstić information content (AvgIpc) is 2.91. The first kappa shape index (κ1) is 18.2. The Morgan fingerprint density at radius 3 is 2.35 bits per heavy atom. The predicted molar refractivity (Wildman–Crippen MR) is 89.0 cm³/mol. The summed E-state index contributed by atoms with van der Waals surface area (Å²) in [7, 11) is 1.75. The van der Waals surface area contributed by atoms with Crippen LogP contribution in [0.5, 0.6) is 0 Å². The van der Waals surface area contributed by atoms with Crippen LogP contribution < -0.4 is 10.6 Å². The fourth-order valence-corrected chi connectivity index (χ4v) is 3.42. The van der Waals surface area contributed by atoms with Crippen LogP contribution >= 0.6 is 0 Å². The van der Waals surface area contributed by atoms with E-state index in [9.17, 15) is 9.59 Å². The highest BCUT2D eigenvalue weighted by molar-refractivity contribution is 5.90. The van der Waals surface area contributed by atoms with Gasteiger partial charge in [0.1, 0.15) is 6.04 Å². The smallest absolute Gasteiger partial charge is 0.245 e. The lowest BCUT2D eigenvalue weighted by molar-refractivity contribution is -0.140. The number of carbonyl (C=O) groups excluding carboxylic acids is 2. The fourth-order valence-electron chi connectivity index (χ4n) is 3.42. The van der Waals surface area contributed by atoms with Gasteiger partial charge in [0.2, 0.25) is 11.8 Å². The van der Waals surface area contributed by atoms with E-state index < -0.39 is 6.04 Å². The van der Waals surface area contributed by atoms with E-state index in [0.717, 1.165) is 25.8 Å². The maximum Gasteiger partial charge on any atom is 0.245 e. The number of likely N-dealkylation sites (tertiary alicyclic amines) is 1. The summed E-state index contributed by atoms with van der Waals surface area (Å²) in [5.74, 6) is 0.635. The third-order valence-corrected chi connectivity index (χ3v) is 5.55. The van der Waals surface area contributed by atoms with E-state index in [1.165, 1.54) is 0 Å². The maximum absolute atomic E-state index is 13.1. The van der Waals surface area contributed by atoms with Crippen molar-refractivity contribution < 1.29 is 14.3 Å². The van der Waals surface area contributed by atoms with Gasteiger partial charge in [-0.05, 0) is 52.0 Å². The standard InChI is InChI=1S/C17H31N3O3/c1-11-5-8-20(13(11)3)17(22)15(14-6-9-23-10-7-14)19-16(21)12(2)18-4/h11-15,18H,5-10H2,1-4H3,(H,19,21)/t11-,12-,13+,15-/m0/s1. The van der Waals surface area contributed by atoms with Crippen molar-refractivity contribution in [1.82, 2.24) is 15.5 Å². The summed E-state index contributed by atoms with van der Waals surface area (Å²) in [5.41, 5.74) is 0. The van der Waals surface area contributed by atoms with Gasteiger partial charge in [-0.1, -0.05) is 6.92 Å². The third kappa shape index (κ3) is 4.23. The van der Waals surface area contributed by atoms with Gasteiger partial charge in [-0.2, -0.15) is 0 Å². The van der Waals surface area contributed by atoms with Crippen molar-refractivity contribution in [3.63, 3.8) is 0 Å². The molecule has 2 amide bonds. The second-order valence-electron chi connectivity index (χ2n) is 6.98. The molecule has 6 heteroatoms. The molecule has 2 heterocycles. The minimum Gasteiger partial charge on any atom is -0.381 e. The Labute approximate surface area is 139 Å². The summed E-state index contributed by atoms with van der Waals surface area (Å²) >= 11 is 0. The SMILES string of the molecule is CN[C@@H](C)C(=O)N[C@H](C(=O)N1CC[C@H](C)[C@H]1C)C1CCOCC1. The van der Waals surface area contributed by atoms with Crippen molar-refractivity contribution in [2.24, 2.45) is 11.8 Å². The molecule has 132 valence electrons. The summed E-state index contributed by atoms with van der Waals surface area (Å²) in [5, 5.41) is 5.94. The number of hydrogen-bond donors (Lipinski definition) is 2. The van der Waals surface area contributed by atoms with Crippen LogP contribution in [0.15, 0.2) is 0 Å². The molecular weight excluding hydrogens is 294 g/mol. The van der Waals surface area contributed by atoms with Crippen LogP contribution in [0.3, 0.4) is 0 Å². The van der Waals surface area contributed by atoms with Gasteiger partial charge in [0.05, 0.1) is 6.04 Å². The summed E-state index contributed by atoms with van der Waals surface area (Å²) < 4.78 is 5.42. The molecule has 2 aliphatic heterocycles. The van der Waals surface area contributed by atoms with Crippen LogP contribution in [-0.4, -0.2) is 61.6 Å². The second-order valence-corrected chi connectivity index (χ2v) is 6.98. The molecule has 23 heavy (non-hydrogen) atoms. The molecule has 0 aromatic rings. The zero-order chi connectivity index (χ0) is 17.0. The van der Waals surface area contributed by atoms with Crippen LogP contribution in [0.25, 0.3) is 0 Å². The third-order valence-electron chi connectivity index (χ3n) is 5.55. The summed E-state index contributed by atoms with van der Waals surface area (Å²) in [4.78, 5) is 27.4. The average molecular weight is 325 g/mol. The molecule has 0 aliphatic carbocycles. The van der Waals surface area contributed by atoms with E-state index in [0.29, 0.717) is 19.1 Å². The lowest BCUT2D eigenvalue weighted by atomic mass is 9.90. The van der Waals surface area contributed by atoms with Gasteiger partial charge in [0.15, 0.2) is 0 Å². The van der Waals surface area contributed by atoms with Crippen LogP contribution in [0.1, 0.15) is 40.0 Å². The number of hydrogen-bond acceptors (Lipinski definition) is 4. The molecule has 2 saturated heterocycles. The molecule has 2 N–H and O–H groups in total. The molecule has 6 nitrogen and oxygen atoms in total. The number of nitrogens with zero attached hydrogens (tertiary/aromatic N) is 1. The highest BCUT2D eigenvalue weighted by Gasteiger charge is 2.39. The number of carbonyl (C=O) groups is 2. The van der Waals surface area contributed by atoms with Crippen molar-refractivity contribution in [3.05, 3.63) is 0 Å². The Morgan fingerprint density at radius 1 is 1.17 bits per heavy atom. The maximum atomic E-state index is 13.1. The molecule has 0 saturated carbocycles. The normalized spacial score (nSPS) is 28.4. The summed E-state index contributed by atoms with van der Waals surface area (Å²) in [6.45, 7) is 8.22. The molecule has 0 bridgehead atoms. The second kappa shape index (κ2) is 8.11. The van der Waals surface area contributed by atoms with Gasteiger partial charge < -0.3 is 20.3 Å². The van der Waals surface area contributed by atoms with E-state index in [1.807, 2.05) is 4.90 Å². The van der Waals surface area contributed by atoms with Gasteiger partial charge in [-0.25, -0.2) is 0 Å². The minimum absolute atomic E-state index is 0.0744. The topological polar surface area (TPSA) is 70.7 Å². The lowest BCUT2D eigenvalue weighted by Gasteiger charge is -2.35. The van der Waals surface area contributed by atoms with Gasteiger partial charge >= 0.3 is 0 Å². The Kier molecular flexibility index (Phi) is 6.41. The lowest BCUT2D eigenvalue weighted by Crippen LogP contribution is -2.56. The predicted octanol–water partition coefficient (Wildman–Crippen LogP) is 0.763. The zero-order valence-electron chi connectivity index (χ0n) is 14.8. The number of nitrogens with one attached hydrogen (secondary N) is 2. The van der Waals surface area contributed by atoms with E-state index in [-0.39, 0.29) is 29.8 Å². The molecule has 0 aromatic carbocycles. The van der Waals surface area contributed by atoms with Crippen molar-refractivity contribution in [2.45, 2.75) is 58.2 Å².